The molecule has 7 heteroatoms. The van der Waals surface area contributed by atoms with Gasteiger partial charge in [-0.25, -0.2) is 0 Å². The molecule has 3 aliphatic rings. The number of fused-ring (bicyclic) bond motifs is 5. The number of carbonyl (C=O) groups is 1. The molecule has 4 heterocycles. The number of para-hydroxylation sites is 1. The van der Waals surface area contributed by atoms with Crippen LogP contribution in [-0.4, -0.2) is 59.8 Å². The van der Waals surface area contributed by atoms with E-state index < -0.39 is 0 Å². The summed E-state index contributed by atoms with van der Waals surface area (Å²) >= 11 is 1.77. The minimum atomic E-state index is -0.156. The van der Waals surface area contributed by atoms with Gasteiger partial charge in [0.25, 0.3) is 0 Å². The Labute approximate surface area is 223 Å². The van der Waals surface area contributed by atoms with Crippen molar-refractivity contribution in [3.63, 3.8) is 0 Å². The van der Waals surface area contributed by atoms with Gasteiger partial charge in [-0.1, -0.05) is 48.5 Å². The second-order valence-corrected chi connectivity index (χ2v) is 11.5. The van der Waals surface area contributed by atoms with E-state index in [0.717, 1.165) is 43.8 Å². The standard InChI is InChI=1S/C30H35N5OS/c1-21(12-14-32-29(36)26-20-37-30(33-26)24-9-6-13-31-18-24)34-15-16-35-27-11-5-3-8-23(27)17-22-7-2-4-10-25(22)28(35)19-34/h2-11,13,18,21,26,28,30,33H,12,14-17,19-20H2,1H3,(H,32,36). The first kappa shape index (κ1) is 24.5. The van der Waals surface area contributed by atoms with Crippen LogP contribution in [0, 0.1) is 0 Å². The van der Waals surface area contributed by atoms with Crippen LogP contribution in [0.3, 0.4) is 0 Å². The first-order chi connectivity index (χ1) is 18.2. The van der Waals surface area contributed by atoms with Crippen LogP contribution in [0.25, 0.3) is 0 Å². The summed E-state index contributed by atoms with van der Waals surface area (Å²) in [6.45, 7) is 6.07. The second kappa shape index (κ2) is 10.9. The summed E-state index contributed by atoms with van der Waals surface area (Å²) in [5.74, 6) is 0.885. The van der Waals surface area contributed by atoms with Gasteiger partial charge in [-0.15, -0.1) is 11.8 Å². The minimum Gasteiger partial charge on any atom is -0.362 e. The van der Waals surface area contributed by atoms with Crippen molar-refractivity contribution >= 4 is 23.4 Å². The maximum Gasteiger partial charge on any atom is 0.238 e. The van der Waals surface area contributed by atoms with Gasteiger partial charge in [0.2, 0.25) is 5.91 Å². The summed E-state index contributed by atoms with van der Waals surface area (Å²) in [5.41, 5.74) is 6.83. The second-order valence-electron chi connectivity index (χ2n) is 10.4. The van der Waals surface area contributed by atoms with Crippen LogP contribution < -0.4 is 15.5 Å². The van der Waals surface area contributed by atoms with E-state index in [9.17, 15) is 4.79 Å². The van der Waals surface area contributed by atoms with Gasteiger partial charge in [-0.2, -0.15) is 0 Å². The molecule has 4 atom stereocenters. The van der Waals surface area contributed by atoms with Gasteiger partial charge in [0, 0.05) is 56.1 Å². The van der Waals surface area contributed by atoms with E-state index in [1.165, 1.54) is 22.4 Å². The van der Waals surface area contributed by atoms with Crippen LogP contribution in [-0.2, 0) is 11.2 Å². The number of anilines is 1. The van der Waals surface area contributed by atoms with Crippen molar-refractivity contribution in [2.45, 2.75) is 43.3 Å². The Bertz CT molecular complexity index is 1240. The monoisotopic (exact) mass is 513 g/mol. The van der Waals surface area contributed by atoms with Gasteiger partial charge in [0.1, 0.15) is 0 Å². The molecule has 1 aromatic heterocycles. The van der Waals surface area contributed by atoms with Gasteiger partial charge in [-0.3, -0.25) is 20.0 Å². The average Bonchev–Trinajstić information content (AvgIpc) is 3.39. The first-order valence-corrected chi connectivity index (χ1v) is 14.4. The number of nitrogens with one attached hydrogen (secondary N) is 2. The Morgan fingerprint density at radius 2 is 1.95 bits per heavy atom. The predicted molar refractivity (Wildman–Crippen MR) is 151 cm³/mol. The summed E-state index contributed by atoms with van der Waals surface area (Å²) < 4.78 is 0. The smallest absolute Gasteiger partial charge is 0.238 e. The number of piperazine rings is 1. The van der Waals surface area contributed by atoms with Gasteiger partial charge < -0.3 is 10.2 Å². The van der Waals surface area contributed by atoms with E-state index in [0.29, 0.717) is 18.6 Å². The molecule has 3 aliphatic heterocycles. The van der Waals surface area contributed by atoms with E-state index in [1.807, 2.05) is 12.3 Å². The Morgan fingerprint density at radius 3 is 2.81 bits per heavy atom. The third kappa shape index (κ3) is 5.13. The zero-order valence-electron chi connectivity index (χ0n) is 21.3. The van der Waals surface area contributed by atoms with Crippen molar-refractivity contribution in [3.8, 4) is 0 Å². The Hall–Kier alpha value is -2.87. The van der Waals surface area contributed by atoms with Crippen molar-refractivity contribution in [3.05, 3.63) is 95.3 Å². The molecule has 1 amide bonds. The molecule has 0 aliphatic carbocycles. The molecule has 0 saturated carbocycles. The highest BCUT2D eigenvalue weighted by molar-refractivity contribution is 7.99. The SMILES string of the molecule is CC(CCNC(=O)C1CSC(c2cccnc2)N1)N1CCN2c3ccccc3Cc3ccccc3C2C1. The summed E-state index contributed by atoms with van der Waals surface area (Å²) in [4.78, 5) is 22.3. The van der Waals surface area contributed by atoms with E-state index in [-0.39, 0.29) is 17.3 Å². The minimum absolute atomic E-state index is 0.102. The largest absolute Gasteiger partial charge is 0.362 e. The quantitative estimate of drug-likeness (QED) is 0.517. The lowest BCUT2D eigenvalue weighted by molar-refractivity contribution is -0.122. The van der Waals surface area contributed by atoms with Crippen LogP contribution in [0.4, 0.5) is 5.69 Å². The van der Waals surface area contributed by atoms with Gasteiger partial charge >= 0.3 is 0 Å². The van der Waals surface area contributed by atoms with Crippen LogP contribution in [0.2, 0.25) is 0 Å². The molecule has 3 aromatic rings. The lowest BCUT2D eigenvalue weighted by Crippen LogP contribution is -2.52. The maximum absolute atomic E-state index is 12.8. The third-order valence-corrected chi connectivity index (χ3v) is 9.35. The summed E-state index contributed by atoms with van der Waals surface area (Å²) in [6.07, 6.45) is 5.60. The van der Waals surface area contributed by atoms with Crippen molar-refractivity contribution in [2.75, 3.05) is 36.8 Å². The third-order valence-electron chi connectivity index (χ3n) is 8.08. The van der Waals surface area contributed by atoms with Gasteiger partial charge in [0.15, 0.2) is 0 Å². The number of pyridine rings is 1. The van der Waals surface area contributed by atoms with Gasteiger partial charge in [-0.05, 0) is 54.2 Å². The summed E-state index contributed by atoms with van der Waals surface area (Å²) in [6, 6.07) is 22.5. The summed E-state index contributed by atoms with van der Waals surface area (Å²) in [5, 5.41) is 6.78. The molecule has 2 saturated heterocycles. The average molecular weight is 514 g/mol. The first-order valence-electron chi connectivity index (χ1n) is 13.4. The molecule has 6 rings (SSSR count). The number of hydrogen-bond donors (Lipinski definition) is 2. The van der Waals surface area contributed by atoms with Crippen LogP contribution >= 0.6 is 11.8 Å². The molecular weight excluding hydrogens is 478 g/mol. The zero-order valence-corrected chi connectivity index (χ0v) is 22.2. The van der Waals surface area contributed by atoms with E-state index in [4.69, 9.17) is 0 Å². The molecule has 4 unspecified atom stereocenters. The molecule has 6 nitrogen and oxygen atoms in total. The summed E-state index contributed by atoms with van der Waals surface area (Å²) in [7, 11) is 0. The lowest BCUT2D eigenvalue weighted by Gasteiger charge is -2.45. The normalized spacial score (nSPS) is 23.9. The molecule has 2 N–H and O–H groups in total. The molecule has 37 heavy (non-hydrogen) atoms. The highest BCUT2D eigenvalue weighted by atomic mass is 32.2. The Balaban J connectivity index is 1.05. The predicted octanol–water partition coefficient (Wildman–Crippen LogP) is 4.15. The topological polar surface area (TPSA) is 60.5 Å². The molecule has 0 spiro atoms. The fourth-order valence-electron chi connectivity index (χ4n) is 5.98. The molecule has 192 valence electrons. The van der Waals surface area contributed by atoms with Crippen LogP contribution in [0.5, 0.6) is 0 Å². The number of benzene rings is 2. The Morgan fingerprint density at radius 1 is 1.11 bits per heavy atom. The number of amides is 1. The highest BCUT2D eigenvalue weighted by Crippen LogP contribution is 2.39. The van der Waals surface area contributed by atoms with E-state index in [1.54, 1.807) is 18.0 Å². The fourth-order valence-corrected chi connectivity index (χ4v) is 7.21. The van der Waals surface area contributed by atoms with Crippen molar-refractivity contribution < 1.29 is 4.79 Å². The van der Waals surface area contributed by atoms with Gasteiger partial charge in [0.05, 0.1) is 17.5 Å². The van der Waals surface area contributed by atoms with Crippen LogP contribution in [0.1, 0.15) is 47.0 Å². The highest BCUT2D eigenvalue weighted by Gasteiger charge is 2.35. The number of aromatic nitrogens is 1. The van der Waals surface area contributed by atoms with Crippen LogP contribution in [0.15, 0.2) is 73.1 Å². The van der Waals surface area contributed by atoms with Crippen molar-refractivity contribution in [1.82, 2.24) is 20.5 Å². The molecule has 2 fully saturated rings. The van der Waals surface area contributed by atoms with Crippen molar-refractivity contribution in [2.24, 2.45) is 0 Å². The van der Waals surface area contributed by atoms with Crippen molar-refractivity contribution in [1.29, 1.82) is 0 Å². The number of thioether (sulfide) groups is 1. The molecule has 2 aromatic carbocycles. The Kier molecular flexibility index (Phi) is 7.18. The number of rotatable bonds is 6. The van der Waals surface area contributed by atoms with E-state index >= 15 is 0 Å². The number of nitrogens with zero attached hydrogens (tertiary/aromatic N) is 3. The number of hydrogen-bond acceptors (Lipinski definition) is 6. The molecule has 0 bridgehead atoms. The lowest BCUT2D eigenvalue weighted by atomic mass is 9.95. The number of carbonyl (C=O) groups excluding carboxylic acids is 1. The molecular formula is C30H35N5OS. The molecule has 0 radical (unpaired) electrons. The zero-order chi connectivity index (χ0) is 25.2. The maximum atomic E-state index is 12.8. The van der Waals surface area contributed by atoms with E-state index in [2.05, 4.69) is 86.9 Å². The fraction of sp³-hybridized carbons (Fsp3) is 0.400.